The van der Waals surface area contributed by atoms with Crippen LogP contribution in [0.15, 0.2) is 47.4 Å². The quantitative estimate of drug-likeness (QED) is 0.759. The third-order valence-electron chi connectivity index (χ3n) is 5.44. The van der Waals surface area contributed by atoms with Crippen molar-refractivity contribution in [2.24, 2.45) is 0 Å². The van der Waals surface area contributed by atoms with Gasteiger partial charge in [0.1, 0.15) is 4.90 Å². The molecule has 0 saturated carbocycles. The van der Waals surface area contributed by atoms with Gasteiger partial charge in [-0.3, -0.25) is 4.79 Å². The van der Waals surface area contributed by atoms with Crippen LogP contribution >= 0.6 is 11.6 Å². The highest BCUT2D eigenvalue weighted by Crippen LogP contribution is 2.32. The minimum atomic E-state index is -3.73. The van der Waals surface area contributed by atoms with Crippen LogP contribution < -0.4 is 10.2 Å². The molecule has 4 rings (SSSR count). The van der Waals surface area contributed by atoms with Crippen LogP contribution in [-0.4, -0.2) is 57.5 Å². The molecule has 2 aromatic carbocycles. The number of hydrogen-bond acceptors (Lipinski definition) is 5. The van der Waals surface area contributed by atoms with E-state index in [0.29, 0.717) is 32.0 Å². The molecule has 0 bridgehead atoms. The molecule has 2 aromatic rings. The molecule has 2 aliphatic heterocycles. The molecule has 2 heterocycles. The highest BCUT2D eigenvalue weighted by atomic mass is 35.5. The molecule has 1 amide bonds. The van der Waals surface area contributed by atoms with Crippen LogP contribution in [0.4, 0.5) is 11.4 Å². The molecule has 30 heavy (non-hydrogen) atoms. The van der Waals surface area contributed by atoms with Crippen LogP contribution in [0, 0.1) is 0 Å². The Labute approximate surface area is 181 Å². The number of halogens is 1. The van der Waals surface area contributed by atoms with Gasteiger partial charge in [0.2, 0.25) is 15.9 Å². The van der Waals surface area contributed by atoms with Gasteiger partial charge in [0, 0.05) is 30.5 Å². The molecule has 160 valence electrons. The smallest absolute Gasteiger partial charge is 0.246 e. The number of morpholine rings is 1. The number of para-hydroxylation sites is 1. The van der Waals surface area contributed by atoms with E-state index in [1.165, 1.54) is 16.4 Å². The molecule has 7 nitrogen and oxygen atoms in total. The van der Waals surface area contributed by atoms with Gasteiger partial charge in [0.15, 0.2) is 0 Å². The maximum absolute atomic E-state index is 13.0. The summed E-state index contributed by atoms with van der Waals surface area (Å²) in [6.07, 6.45) is 0.824. The number of benzene rings is 2. The molecule has 0 unspecified atom stereocenters. The van der Waals surface area contributed by atoms with E-state index in [9.17, 15) is 13.2 Å². The van der Waals surface area contributed by atoms with Gasteiger partial charge >= 0.3 is 0 Å². The Morgan fingerprint density at radius 2 is 1.93 bits per heavy atom. The van der Waals surface area contributed by atoms with E-state index in [1.807, 2.05) is 31.2 Å². The normalized spacial score (nSPS) is 19.5. The Hall–Kier alpha value is -2.13. The number of fused-ring (bicyclic) bond motifs is 1. The highest BCUT2D eigenvalue weighted by Gasteiger charge is 2.31. The van der Waals surface area contributed by atoms with E-state index in [0.717, 1.165) is 17.7 Å². The average Bonchev–Trinajstić information content (AvgIpc) is 3.09. The summed E-state index contributed by atoms with van der Waals surface area (Å²) in [6.45, 7) is 3.38. The Balaban J connectivity index is 1.49. The van der Waals surface area contributed by atoms with Crippen LogP contribution in [0.25, 0.3) is 0 Å². The van der Waals surface area contributed by atoms with Gasteiger partial charge in [-0.05, 0) is 43.2 Å². The van der Waals surface area contributed by atoms with E-state index < -0.39 is 10.0 Å². The van der Waals surface area contributed by atoms with E-state index in [2.05, 4.69) is 5.32 Å². The number of nitrogens with one attached hydrogen (secondary N) is 1. The topological polar surface area (TPSA) is 79.0 Å². The predicted octanol–water partition coefficient (Wildman–Crippen LogP) is 2.75. The molecule has 0 spiro atoms. The van der Waals surface area contributed by atoms with E-state index in [-0.39, 0.29) is 28.4 Å². The maximum Gasteiger partial charge on any atom is 0.246 e. The largest absolute Gasteiger partial charge is 0.379 e. The summed E-state index contributed by atoms with van der Waals surface area (Å²) >= 11 is 6.20. The second-order valence-electron chi connectivity index (χ2n) is 7.46. The van der Waals surface area contributed by atoms with Gasteiger partial charge in [0.25, 0.3) is 0 Å². The molecule has 2 aliphatic rings. The minimum absolute atomic E-state index is 0.0309. The lowest BCUT2D eigenvalue weighted by Gasteiger charge is -2.26. The van der Waals surface area contributed by atoms with E-state index in [4.69, 9.17) is 16.3 Å². The lowest BCUT2D eigenvalue weighted by Crippen LogP contribution is -2.40. The minimum Gasteiger partial charge on any atom is -0.379 e. The van der Waals surface area contributed by atoms with Crippen molar-refractivity contribution in [1.29, 1.82) is 0 Å². The van der Waals surface area contributed by atoms with E-state index in [1.54, 1.807) is 11.0 Å². The molecule has 0 radical (unpaired) electrons. The molecular formula is C21H24ClN3O4S. The number of ether oxygens (including phenoxy) is 1. The second kappa shape index (κ2) is 8.55. The fourth-order valence-corrected chi connectivity index (χ4v) is 5.85. The molecule has 1 saturated heterocycles. The van der Waals surface area contributed by atoms with Crippen molar-refractivity contribution in [1.82, 2.24) is 4.31 Å². The fourth-order valence-electron chi connectivity index (χ4n) is 3.95. The average molecular weight is 450 g/mol. The number of carbonyl (C=O) groups is 1. The summed E-state index contributed by atoms with van der Waals surface area (Å²) in [6, 6.07) is 12.7. The summed E-state index contributed by atoms with van der Waals surface area (Å²) in [5, 5.41) is 3.21. The van der Waals surface area contributed by atoms with Crippen molar-refractivity contribution < 1.29 is 17.9 Å². The van der Waals surface area contributed by atoms with Gasteiger partial charge in [-0.25, -0.2) is 8.42 Å². The highest BCUT2D eigenvalue weighted by molar-refractivity contribution is 7.89. The van der Waals surface area contributed by atoms with Crippen LogP contribution in [-0.2, 0) is 26.0 Å². The van der Waals surface area contributed by atoms with Crippen LogP contribution in [0.3, 0.4) is 0 Å². The first-order valence-corrected chi connectivity index (χ1v) is 11.7. The van der Waals surface area contributed by atoms with Gasteiger partial charge in [0.05, 0.1) is 24.8 Å². The van der Waals surface area contributed by atoms with Crippen molar-refractivity contribution >= 4 is 38.9 Å². The zero-order valence-corrected chi connectivity index (χ0v) is 18.2. The number of hydrogen-bond donors (Lipinski definition) is 1. The Bertz CT molecular complexity index is 1050. The summed E-state index contributed by atoms with van der Waals surface area (Å²) in [7, 11) is -3.73. The monoisotopic (exact) mass is 449 g/mol. The van der Waals surface area contributed by atoms with Gasteiger partial charge in [-0.2, -0.15) is 4.31 Å². The molecular weight excluding hydrogens is 426 g/mol. The third-order valence-corrected chi connectivity index (χ3v) is 7.82. The molecule has 1 N–H and O–H groups in total. The number of rotatable bonds is 5. The zero-order valence-electron chi connectivity index (χ0n) is 16.7. The Morgan fingerprint density at radius 1 is 1.20 bits per heavy atom. The SMILES string of the molecule is C[C@H]1Cc2ccccc2N1C(=O)CNc1ccc(Cl)c(S(=O)(=O)N2CCOCC2)c1. The van der Waals surface area contributed by atoms with Crippen molar-refractivity contribution in [2.45, 2.75) is 24.3 Å². The molecule has 0 aromatic heterocycles. The molecule has 9 heteroatoms. The number of amides is 1. The van der Waals surface area contributed by atoms with Crippen molar-refractivity contribution in [3.63, 3.8) is 0 Å². The van der Waals surface area contributed by atoms with Crippen LogP contribution in [0.1, 0.15) is 12.5 Å². The predicted molar refractivity (Wildman–Crippen MR) is 117 cm³/mol. The van der Waals surface area contributed by atoms with Gasteiger partial charge in [-0.1, -0.05) is 29.8 Å². The fraction of sp³-hybridized carbons (Fsp3) is 0.381. The van der Waals surface area contributed by atoms with Crippen LogP contribution in [0.5, 0.6) is 0 Å². The second-order valence-corrected chi connectivity index (χ2v) is 9.77. The van der Waals surface area contributed by atoms with E-state index >= 15 is 0 Å². The molecule has 0 aliphatic carbocycles. The summed E-state index contributed by atoms with van der Waals surface area (Å²) in [4.78, 5) is 14.7. The summed E-state index contributed by atoms with van der Waals surface area (Å²) in [5.74, 6) is -0.0695. The first-order chi connectivity index (χ1) is 14.4. The van der Waals surface area contributed by atoms with Gasteiger partial charge in [-0.15, -0.1) is 0 Å². The lowest BCUT2D eigenvalue weighted by atomic mass is 10.1. The molecule has 1 atom stereocenters. The summed E-state index contributed by atoms with van der Waals surface area (Å²) in [5.41, 5.74) is 2.62. The zero-order chi connectivity index (χ0) is 21.3. The van der Waals surface area contributed by atoms with Crippen molar-refractivity contribution in [3.05, 3.63) is 53.1 Å². The van der Waals surface area contributed by atoms with Crippen molar-refractivity contribution in [2.75, 3.05) is 43.1 Å². The number of nitrogens with zero attached hydrogens (tertiary/aromatic N) is 2. The summed E-state index contributed by atoms with van der Waals surface area (Å²) < 4.78 is 32.6. The lowest BCUT2D eigenvalue weighted by molar-refractivity contribution is -0.117. The number of anilines is 2. The van der Waals surface area contributed by atoms with Crippen LogP contribution in [0.2, 0.25) is 5.02 Å². The first kappa shape index (κ1) is 21.1. The standard InChI is InChI=1S/C21H24ClN3O4S/c1-15-12-16-4-2-3-5-19(16)25(15)21(26)14-23-17-6-7-18(22)20(13-17)30(27,28)24-8-10-29-11-9-24/h2-7,13,15,23H,8-12,14H2,1H3/t15-/m0/s1. The molecule has 1 fully saturated rings. The van der Waals surface area contributed by atoms with Crippen molar-refractivity contribution in [3.8, 4) is 0 Å². The number of sulfonamides is 1. The number of carbonyl (C=O) groups excluding carboxylic acids is 1. The Morgan fingerprint density at radius 3 is 2.70 bits per heavy atom. The van der Waals surface area contributed by atoms with Gasteiger partial charge < -0.3 is 15.0 Å². The third kappa shape index (κ3) is 4.05. The Kier molecular flexibility index (Phi) is 6.02. The first-order valence-electron chi connectivity index (χ1n) is 9.89. The maximum atomic E-state index is 13.0.